The largest absolute Gasteiger partial charge is 0.395 e. The normalized spacial score (nSPS) is 17.9. The highest BCUT2D eigenvalue weighted by atomic mass is 16.3. The molecule has 0 heterocycles. The fourth-order valence-electron chi connectivity index (χ4n) is 3.03. The number of rotatable bonds is 6. The minimum Gasteiger partial charge on any atom is -0.395 e. The Morgan fingerprint density at radius 2 is 2.20 bits per heavy atom. The van der Waals surface area contributed by atoms with E-state index in [4.69, 9.17) is 0 Å². The molecule has 1 unspecified atom stereocenters. The lowest BCUT2D eigenvalue weighted by Crippen LogP contribution is -2.36. The van der Waals surface area contributed by atoms with Crippen molar-refractivity contribution in [1.82, 2.24) is 10.2 Å². The molecule has 1 atom stereocenters. The molecule has 0 fully saturated rings. The molecule has 0 radical (unpaired) electrons. The molecular weight excluding hydrogens is 252 g/mol. The molecule has 2 rings (SSSR count). The Morgan fingerprint density at radius 1 is 1.40 bits per heavy atom. The van der Waals surface area contributed by atoms with Crippen LogP contribution in [-0.2, 0) is 11.2 Å². The van der Waals surface area contributed by atoms with Gasteiger partial charge in [-0.2, -0.15) is 0 Å². The van der Waals surface area contributed by atoms with Crippen LogP contribution < -0.4 is 5.32 Å². The lowest BCUT2D eigenvalue weighted by molar-refractivity contribution is -0.121. The van der Waals surface area contributed by atoms with Gasteiger partial charge in [-0.25, -0.2) is 0 Å². The zero-order chi connectivity index (χ0) is 14.4. The van der Waals surface area contributed by atoms with Crippen LogP contribution in [0.2, 0.25) is 0 Å². The Morgan fingerprint density at radius 3 is 2.95 bits per heavy atom. The van der Waals surface area contributed by atoms with Crippen LogP contribution in [0.5, 0.6) is 0 Å². The Labute approximate surface area is 120 Å². The molecule has 20 heavy (non-hydrogen) atoms. The minimum atomic E-state index is 0.0528. The van der Waals surface area contributed by atoms with Gasteiger partial charge in [0, 0.05) is 32.6 Å². The molecule has 0 bridgehead atoms. The molecule has 1 aliphatic rings. The third-order valence-corrected chi connectivity index (χ3v) is 4.07. The topological polar surface area (TPSA) is 52.6 Å². The van der Waals surface area contributed by atoms with Gasteiger partial charge in [0.2, 0.25) is 5.91 Å². The summed E-state index contributed by atoms with van der Waals surface area (Å²) in [6, 6.07) is 8.87. The third-order valence-electron chi connectivity index (χ3n) is 4.07. The van der Waals surface area contributed by atoms with Gasteiger partial charge in [-0.05, 0) is 30.4 Å². The summed E-state index contributed by atoms with van der Waals surface area (Å²) in [5.41, 5.74) is 2.77. The SMILES string of the molecule is CNC(=O)CCN(CCO)C1CCCc2ccccc21. The highest BCUT2D eigenvalue weighted by Gasteiger charge is 2.25. The number of carbonyl (C=O) groups is 1. The van der Waals surface area contributed by atoms with Crippen LogP contribution in [0.4, 0.5) is 0 Å². The van der Waals surface area contributed by atoms with Crippen molar-refractivity contribution in [3.63, 3.8) is 0 Å². The number of hydrogen-bond donors (Lipinski definition) is 2. The fourth-order valence-corrected chi connectivity index (χ4v) is 3.03. The number of aliphatic hydroxyl groups excluding tert-OH is 1. The molecular formula is C16H24N2O2. The van der Waals surface area contributed by atoms with E-state index in [1.54, 1.807) is 7.05 Å². The van der Waals surface area contributed by atoms with E-state index in [0.717, 1.165) is 12.8 Å². The van der Waals surface area contributed by atoms with E-state index in [1.165, 1.54) is 17.5 Å². The zero-order valence-electron chi connectivity index (χ0n) is 12.1. The summed E-state index contributed by atoms with van der Waals surface area (Å²) in [6.45, 7) is 1.45. The number of nitrogens with one attached hydrogen (secondary N) is 1. The average molecular weight is 276 g/mol. The maximum atomic E-state index is 11.4. The number of carbonyl (C=O) groups excluding carboxylic acids is 1. The molecule has 1 aromatic rings. The van der Waals surface area contributed by atoms with Gasteiger partial charge >= 0.3 is 0 Å². The predicted octanol–water partition coefficient (Wildman–Crippen LogP) is 1.49. The van der Waals surface area contributed by atoms with Gasteiger partial charge in [-0.1, -0.05) is 24.3 Å². The Hall–Kier alpha value is -1.39. The van der Waals surface area contributed by atoms with Crippen LogP contribution in [0, 0.1) is 0 Å². The van der Waals surface area contributed by atoms with Crippen molar-refractivity contribution < 1.29 is 9.90 Å². The van der Waals surface area contributed by atoms with Crippen molar-refractivity contribution in [3.05, 3.63) is 35.4 Å². The smallest absolute Gasteiger partial charge is 0.221 e. The lowest BCUT2D eigenvalue weighted by atomic mass is 9.86. The highest BCUT2D eigenvalue weighted by molar-refractivity contribution is 5.75. The van der Waals surface area contributed by atoms with Crippen molar-refractivity contribution in [1.29, 1.82) is 0 Å². The number of hydrogen-bond acceptors (Lipinski definition) is 3. The van der Waals surface area contributed by atoms with E-state index in [0.29, 0.717) is 25.6 Å². The first-order chi connectivity index (χ1) is 9.76. The van der Waals surface area contributed by atoms with Gasteiger partial charge in [0.15, 0.2) is 0 Å². The molecule has 0 aromatic heterocycles. The first kappa shape index (κ1) is 15.0. The second-order valence-electron chi connectivity index (χ2n) is 5.29. The van der Waals surface area contributed by atoms with Crippen LogP contribution in [0.15, 0.2) is 24.3 Å². The number of amides is 1. The maximum Gasteiger partial charge on any atom is 0.221 e. The second-order valence-corrected chi connectivity index (χ2v) is 5.29. The number of fused-ring (bicyclic) bond motifs is 1. The van der Waals surface area contributed by atoms with Crippen LogP contribution in [0.1, 0.15) is 36.4 Å². The number of benzene rings is 1. The van der Waals surface area contributed by atoms with Gasteiger partial charge in [0.05, 0.1) is 6.61 Å². The monoisotopic (exact) mass is 276 g/mol. The quantitative estimate of drug-likeness (QED) is 0.828. The van der Waals surface area contributed by atoms with E-state index in [-0.39, 0.29) is 12.5 Å². The minimum absolute atomic E-state index is 0.0528. The summed E-state index contributed by atoms with van der Waals surface area (Å²) in [6.07, 6.45) is 3.89. The van der Waals surface area contributed by atoms with Crippen molar-refractivity contribution in [2.75, 3.05) is 26.7 Å². The molecule has 2 N–H and O–H groups in total. The number of aliphatic hydroxyl groups is 1. The molecule has 0 saturated heterocycles. The average Bonchev–Trinajstić information content (AvgIpc) is 2.50. The van der Waals surface area contributed by atoms with E-state index < -0.39 is 0 Å². The van der Waals surface area contributed by atoms with Crippen molar-refractivity contribution in [2.45, 2.75) is 31.7 Å². The van der Waals surface area contributed by atoms with Crippen molar-refractivity contribution >= 4 is 5.91 Å². The maximum absolute atomic E-state index is 11.4. The van der Waals surface area contributed by atoms with Crippen molar-refractivity contribution in [2.24, 2.45) is 0 Å². The Kier molecular flexibility index (Phi) is 5.56. The Balaban J connectivity index is 2.11. The van der Waals surface area contributed by atoms with E-state index in [1.807, 2.05) is 0 Å². The van der Waals surface area contributed by atoms with Crippen LogP contribution >= 0.6 is 0 Å². The molecule has 1 amide bonds. The third kappa shape index (κ3) is 3.58. The molecule has 1 aliphatic carbocycles. The van der Waals surface area contributed by atoms with Crippen LogP contribution in [0.25, 0.3) is 0 Å². The molecule has 0 aliphatic heterocycles. The highest BCUT2D eigenvalue weighted by Crippen LogP contribution is 2.34. The molecule has 0 spiro atoms. The zero-order valence-corrected chi connectivity index (χ0v) is 12.1. The fraction of sp³-hybridized carbons (Fsp3) is 0.562. The lowest BCUT2D eigenvalue weighted by Gasteiger charge is -2.35. The summed E-state index contributed by atoms with van der Waals surface area (Å²) in [5.74, 6) is 0.0528. The van der Waals surface area contributed by atoms with Gasteiger partial charge in [0.1, 0.15) is 0 Å². The molecule has 4 nitrogen and oxygen atoms in total. The Bertz CT molecular complexity index is 448. The molecule has 0 saturated carbocycles. The van der Waals surface area contributed by atoms with Gasteiger partial charge < -0.3 is 10.4 Å². The summed E-state index contributed by atoms with van der Waals surface area (Å²) >= 11 is 0. The first-order valence-corrected chi connectivity index (χ1v) is 7.39. The second kappa shape index (κ2) is 7.41. The molecule has 1 aromatic carbocycles. The molecule has 4 heteroatoms. The van der Waals surface area contributed by atoms with E-state index in [9.17, 15) is 9.90 Å². The van der Waals surface area contributed by atoms with Crippen LogP contribution in [-0.4, -0.2) is 42.7 Å². The van der Waals surface area contributed by atoms with Gasteiger partial charge in [-0.15, -0.1) is 0 Å². The summed E-state index contributed by atoms with van der Waals surface area (Å²) < 4.78 is 0. The van der Waals surface area contributed by atoms with E-state index in [2.05, 4.69) is 34.5 Å². The number of nitrogens with zero attached hydrogens (tertiary/aromatic N) is 1. The van der Waals surface area contributed by atoms with E-state index >= 15 is 0 Å². The summed E-state index contributed by atoms with van der Waals surface area (Å²) in [5, 5.41) is 12.0. The van der Waals surface area contributed by atoms with Gasteiger partial charge in [-0.3, -0.25) is 9.69 Å². The van der Waals surface area contributed by atoms with Crippen molar-refractivity contribution in [3.8, 4) is 0 Å². The first-order valence-electron chi connectivity index (χ1n) is 7.39. The molecule has 110 valence electrons. The van der Waals surface area contributed by atoms with Gasteiger partial charge in [0.25, 0.3) is 0 Å². The standard InChI is InChI=1S/C16H24N2O2/c1-17-16(20)9-10-18(11-12-19)15-8-4-6-13-5-2-3-7-14(13)15/h2-3,5,7,15,19H,4,6,8-12H2,1H3,(H,17,20). The summed E-state index contributed by atoms with van der Waals surface area (Å²) in [7, 11) is 1.66. The number of aryl methyl sites for hydroxylation is 1. The predicted molar refractivity (Wildman–Crippen MR) is 79.5 cm³/mol. The summed E-state index contributed by atoms with van der Waals surface area (Å²) in [4.78, 5) is 13.7. The van der Waals surface area contributed by atoms with Crippen LogP contribution in [0.3, 0.4) is 0 Å².